The van der Waals surface area contributed by atoms with Gasteiger partial charge in [-0.2, -0.15) is 0 Å². The van der Waals surface area contributed by atoms with Crippen LogP contribution in [0.2, 0.25) is 5.28 Å². The molecule has 2 N–H and O–H groups in total. The average molecular weight is 286 g/mol. The lowest BCUT2D eigenvalue weighted by molar-refractivity contribution is 0.0510. The molecule has 2 aromatic heterocycles. The quantitative estimate of drug-likeness (QED) is 0.693. The Balaban J connectivity index is 2.50. The average Bonchev–Trinajstić information content (AvgIpc) is 2.63. The number of anilines is 1. The summed E-state index contributed by atoms with van der Waals surface area (Å²) in [6.07, 6.45) is 0.781. The molecule has 0 aliphatic carbocycles. The fourth-order valence-electron chi connectivity index (χ4n) is 1.60. The summed E-state index contributed by atoms with van der Waals surface area (Å²) in [5.41, 5.74) is 6.53. The molecule has 2 aromatic rings. The minimum Gasteiger partial charge on any atom is -0.462 e. The lowest BCUT2D eigenvalue weighted by Gasteiger charge is -2.01. The maximum absolute atomic E-state index is 11.9. The zero-order valence-electron chi connectivity index (χ0n) is 9.99. The summed E-state index contributed by atoms with van der Waals surface area (Å²) >= 11 is 6.96. The first kappa shape index (κ1) is 13.0. The fourth-order valence-corrected chi connectivity index (χ4v) is 2.91. The van der Waals surface area contributed by atoms with Gasteiger partial charge in [-0.3, -0.25) is 0 Å². The number of aromatic nitrogens is 2. The van der Waals surface area contributed by atoms with E-state index in [0.29, 0.717) is 21.7 Å². The normalized spacial score (nSPS) is 10.8. The third-order valence-electron chi connectivity index (χ3n) is 2.41. The molecule has 0 aromatic carbocycles. The van der Waals surface area contributed by atoms with Crippen LogP contribution < -0.4 is 5.73 Å². The molecule has 0 atom stereocenters. The standard InChI is InChI=1S/C11H12ClN3O2S/c1-3-4-17-10(16)7-5(2)6-8(13)14-11(12)15-9(6)18-7/h3-4H2,1-2H3,(H2,13,14,15). The minimum atomic E-state index is -0.354. The van der Waals surface area contributed by atoms with Crippen LogP contribution in [-0.4, -0.2) is 22.5 Å². The Hall–Kier alpha value is -1.40. The largest absolute Gasteiger partial charge is 0.462 e. The van der Waals surface area contributed by atoms with Crippen LogP contribution in [0.3, 0.4) is 0 Å². The molecule has 5 nitrogen and oxygen atoms in total. The van der Waals surface area contributed by atoms with Gasteiger partial charge in [0.25, 0.3) is 0 Å². The Morgan fingerprint density at radius 3 is 2.89 bits per heavy atom. The van der Waals surface area contributed by atoms with Gasteiger partial charge in [-0.15, -0.1) is 11.3 Å². The van der Waals surface area contributed by atoms with Gasteiger partial charge in [0.05, 0.1) is 12.0 Å². The number of esters is 1. The number of hydrogen-bond donors (Lipinski definition) is 1. The second kappa shape index (κ2) is 5.07. The summed E-state index contributed by atoms with van der Waals surface area (Å²) in [4.78, 5) is 20.9. The van der Waals surface area contributed by atoms with Gasteiger partial charge in [0.2, 0.25) is 5.28 Å². The van der Waals surface area contributed by atoms with E-state index < -0.39 is 0 Å². The Morgan fingerprint density at radius 2 is 2.22 bits per heavy atom. The van der Waals surface area contributed by atoms with Crippen LogP contribution in [0, 0.1) is 6.92 Å². The maximum Gasteiger partial charge on any atom is 0.348 e. The Morgan fingerprint density at radius 1 is 1.50 bits per heavy atom. The van der Waals surface area contributed by atoms with Crippen molar-refractivity contribution in [3.63, 3.8) is 0 Å². The predicted molar refractivity (Wildman–Crippen MR) is 72.1 cm³/mol. The van der Waals surface area contributed by atoms with Crippen LogP contribution in [0.5, 0.6) is 0 Å². The Kier molecular flexibility index (Phi) is 3.68. The van der Waals surface area contributed by atoms with Crippen LogP contribution >= 0.6 is 22.9 Å². The fraction of sp³-hybridized carbons (Fsp3) is 0.364. The monoisotopic (exact) mass is 285 g/mol. The van der Waals surface area contributed by atoms with E-state index in [1.165, 1.54) is 11.3 Å². The highest BCUT2D eigenvalue weighted by Gasteiger charge is 2.20. The molecular weight excluding hydrogens is 274 g/mol. The molecule has 7 heteroatoms. The second-order valence-electron chi connectivity index (χ2n) is 3.75. The van der Waals surface area contributed by atoms with Crippen molar-refractivity contribution in [3.05, 3.63) is 15.7 Å². The van der Waals surface area contributed by atoms with Crippen molar-refractivity contribution in [2.24, 2.45) is 0 Å². The highest BCUT2D eigenvalue weighted by molar-refractivity contribution is 7.20. The number of nitrogens with two attached hydrogens (primary N) is 1. The molecule has 2 heterocycles. The number of nitrogens with zero attached hydrogens (tertiary/aromatic N) is 2. The molecule has 0 fully saturated rings. The minimum absolute atomic E-state index is 0.0784. The third-order valence-corrected chi connectivity index (χ3v) is 3.75. The molecule has 0 saturated heterocycles. The van der Waals surface area contributed by atoms with Gasteiger partial charge < -0.3 is 10.5 Å². The Bertz CT molecular complexity index is 612. The molecule has 0 spiro atoms. The lowest BCUT2D eigenvalue weighted by Crippen LogP contribution is -2.05. The summed E-state index contributed by atoms with van der Waals surface area (Å²) in [5.74, 6) is -0.0684. The number of ether oxygens (including phenoxy) is 1. The first-order valence-corrected chi connectivity index (χ1v) is 6.63. The summed E-state index contributed by atoms with van der Waals surface area (Å²) in [7, 11) is 0. The molecule has 0 aliphatic rings. The number of nitrogen functional groups attached to an aromatic ring is 1. The first-order valence-electron chi connectivity index (χ1n) is 5.43. The van der Waals surface area contributed by atoms with Crippen molar-refractivity contribution in [1.29, 1.82) is 0 Å². The number of carbonyl (C=O) groups excluding carboxylic acids is 1. The van der Waals surface area contributed by atoms with Crippen molar-refractivity contribution in [3.8, 4) is 0 Å². The van der Waals surface area contributed by atoms with Crippen molar-refractivity contribution in [2.45, 2.75) is 20.3 Å². The van der Waals surface area contributed by atoms with Gasteiger partial charge in [-0.25, -0.2) is 14.8 Å². The van der Waals surface area contributed by atoms with Crippen molar-refractivity contribution >= 4 is 44.9 Å². The third kappa shape index (κ3) is 2.26. The number of carbonyl (C=O) groups is 1. The summed E-state index contributed by atoms with van der Waals surface area (Å²) in [6.45, 7) is 4.14. The van der Waals surface area contributed by atoms with Crippen LogP contribution in [0.1, 0.15) is 28.6 Å². The topological polar surface area (TPSA) is 78.1 Å². The van der Waals surface area contributed by atoms with Gasteiger partial charge in [-0.1, -0.05) is 6.92 Å². The SMILES string of the molecule is CCCOC(=O)c1sc2nc(Cl)nc(N)c2c1C. The van der Waals surface area contributed by atoms with Crippen LogP contribution in [0.4, 0.5) is 5.82 Å². The molecule has 2 rings (SSSR count). The van der Waals surface area contributed by atoms with E-state index in [9.17, 15) is 4.79 Å². The lowest BCUT2D eigenvalue weighted by atomic mass is 10.2. The maximum atomic E-state index is 11.9. The van der Waals surface area contributed by atoms with Crippen molar-refractivity contribution in [1.82, 2.24) is 9.97 Å². The molecule has 0 radical (unpaired) electrons. The van der Waals surface area contributed by atoms with Gasteiger partial charge in [0.1, 0.15) is 15.5 Å². The molecule has 0 saturated carbocycles. The molecule has 96 valence electrons. The van der Waals surface area contributed by atoms with E-state index in [1.54, 1.807) is 6.92 Å². The van der Waals surface area contributed by atoms with Crippen LogP contribution in [-0.2, 0) is 4.74 Å². The summed E-state index contributed by atoms with van der Waals surface area (Å²) in [5, 5.41) is 0.752. The van der Waals surface area contributed by atoms with E-state index >= 15 is 0 Å². The smallest absolute Gasteiger partial charge is 0.348 e. The van der Waals surface area contributed by atoms with E-state index in [0.717, 1.165) is 12.0 Å². The van der Waals surface area contributed by atoms with E-state index in [-0.39, 0.29) is 17.1 Å². The summed E-state index contributed by atoms with van der Waals surface area (Å²) < 4.78 is 5.11. The van der Waals surface area contributed by atoms with Crippen LogP contribution in [0.25, 0.3) is 10.2 Å². The molecule has 0 bridgehead atoms. The zero-order chi connectivity index (χ0) is 13.3. The molecule has 0 unspecified atom stereocenters. The molecule has 0 amide bonds. The van der Waals surface area contributed by atoms with Gasteiger partial charge >= 0.3 is 5.97 Å². The predicted octanol–water partition coefficient (Wildman–Crippen LogP) is 2.80. The number of fused-ring (bicyclic) bond motifs is 1. The van der Waals surface area contributed by atoms with Crippen LogP contribution in [0.15, 0.2) is 0 Å². The van der Waals surface area contributed by atoms with E-state index in [1.807, 2.05) is 6.92 Å². The number of thiophene rings is 1. The number of aryl methyl sites for hydroxylation is 1. The van der Waals surface area contributed by atoms with Gasteiger partial charge in [0, 0.05) is 0 Å². The summed E-state index contributed by atoms with van der Waals surface area (Å²) in [6, 6.07) is 0. The number of halogens is 1. The number of rotatable bonds is 3. The second-order valence-corrected chi connectivity index (χ2v) is 5.09. The van der Waals surface area contributed by atoms with E-state index in [4.69, 9.17) is 22.1 Å². The molecule has 18 heavy (non-hydrogen) atoms. The van der Waals surface area contributed by atoms with E-state index in [2.05, 4.69) is 9.97 Å². The first-order chi connectivity index (χ1) is 8.54. The number of hydrogen-bond acceptors (Lipinski definition) is 6. The van der Waals surface area contributed by atoms with Gasteiger partial charge in [0.15, 0.2) is 0 Å². The van der Waals surface area contributed by atoms with Crippen molar-refractivity contribution < 1.29 is 9.53 Å². The highest BCUT2D eigenvalue weighted by Crippen LogP contribution is 2.33. The molecule has 0 aliphatic heterocycles. The Labute approximate surface area is 113 Å². The highest BCUT2D eigenvalue weighted by atomic mass is 35.5. The zero-order valence-corrected chi connectivity index (χ0v) is 11.6. The molecular formula is C11H12ClN3O2S. The van der Waals surface area contributed by atoms with Gasteiger partial charge in [-0.05, 0) is 30.5 Å². The van der Waals surface area contributed by atoms with Crippen molar-refractivity contribution in [2.75, 3.05) is 12.3 Å².